The maximum Gasteiger partial charge on any atom is 0.180 e. The summed E-state index contributed by atoms with van der Waals surface area (Å²) < 4.78 is 0. The minimum absolute atomic E-state index is 0.0209. The van der Waals surface area contributed by atoms with Crippen molar-refractivity contribution in [2.45, 2.75) is 6.92 Å². The Morgan fingerprint density at radius 3 is 3.08 bits per heavy atom. The minimum atomic E-state index is -0.0209. The molecule has 1 heterocycles. The highest BCUT2D eigenvalue weighted by atomic mass is 16.1. The first-order chi connectivity index (χ1) is 6.25. The lowest BCUT2D eigenvalue weighted by atomic mass is 10.1. The Balaban J connectivity index is 2.71. The zero-order valence-corrected chi connectivity index (χ0v) is 7.58. The second-order valence-electron chi connectivity index (χ2n) is 2.64. The van der Waals surface area contributed by atoms with Crippen molar-refractivity contribution in [1.29, 1.82) is 0 Å². The fourth-order valence-corrected chi connectivity index (χ4v) is 0.987. The van der Waals surface area contributed by atoms with Gasteiger partial charge in [-0.2, -0.15) is 0 Å². The molecule has 0 unspecified atom stereocenters. The van der Waals surface area contributed by atoms with Crippen LogP contribution in [0.5, 0.6) is 0 Å². The number of nitrogens with two attached hydrogens (primary N) is 1. The molecule has 1 aromatic rings. The van der Waals surface area contributed by atoms with Crippen molar-refractivity contribution in [2.75, 3.05) is 18.8 Å². The number of Topliss-reactive ketones (excluding diaryl/α,β-unsaturated/α-hetero) is 1. The molecule has 0 aliphatic carbocycles. The van der Waals surface area contributed by atoms with Crippen molar-refractivity contribution in [3.05, 3.63) is 23.9 Å². The summed E-state index contributed by atoms with van der Waals surface area (Å²) in [6.45, 7) is 3.03. The summed E-state index contributed by atoms with van der Waals surface area (Å²) in [5.74, 6) is 0.276. The van der Waals surface area contributed by atoms with Gasteiger partial charge in [0.2, 0.25) is 0 Å². The van der Waals surface area contributed by atoms with Crippen molar-refractivity contribution >= 4 is 11.6 Å². The van der Waals surface area contributed by atoms with E-state index in [0.29, 0.717) is 17.9 Å². The van der Waals surface area contributed by atoms with Crippen molar-refractivity contribution < 1.29 is 4.79 Å². The maximum atomic E-state index is 11.4. The number of nitrogens with zero attached hydrogens (tertiary/aromatic N) is 1. The molecule has 0 atom stereocenters. The molecule has 0 fully saturated rings. The van der Waals surface area contributed by atoms with Crippen LogP contribution in [0.3, 0.4) is 0 Å². The molecule has 0 saturated carbocycles. The quantitative estimate of drug-likeness (QED) is 0.659. The lowest BCUT2D eigenvalue weighted by Crippen LogP contribution is -2.23. The molecule has 0 aliphatic rings. The molecular weight excluding hydrogens is 166 g/mol. The van der Waals surface area contributed by atoms with Gasteiger partial charge < -0.3 is 11.1 Å². The third-order valence-corrected chi connectivity index (χ3v) is 1.67. The van der Waals surface area contributed by atoms with Crippen LogP contribution in [0.15, 0.2) is 18.3 Å². The lowest BCUT2D eigenvalue weighted by Gasteiger charge is -2.03. The van der Waals surface area contributed by atoms with E-state index in [-0.39, 0.29) is 5.78 Å². The van der Waals surface area contributed by atoms with E-state index in [1.165, 1.54) is 0 Å². The lowest BCUT2D eigenvalue weighted by molar-refractivity contribution is 0.0992. The Bertz CT molecular complexity index is 299. The molecule has 4 heteroatoms. The number of nitrogen functional groups attached to an aromatic ring is 1. The highest BCUT2D eigenvalue weighted by Gasteiger charge is 2.08. The Morgan fingerprint density at radius 1 is 1.69 bits per heavy atom. The molecule has 0 aliphatic heterocycles. The molecule has 13 heavy (non-hydrogen) atoms. The summed E-state index contributed by atoms with van der Waals surface area (Å²) in [6.07, 6.45) is 1.57. The van der Waals surface area contributed by atoms with E-state index >= 15 is 0 Å². The molecule has 3 N–H and O–H groups in total. The van der Waals surface area contributed by atoms with E-state index in [2.05, 4.69) is 10.3 Å². The molecule has 4 nitrogen and oxygen atoms in total. The Kier molecular flexibility index (Phi) is 3.40. The third-order valence-electron chi connectivity index (χ3n) is 1.67. The van der Waals surface area contributed by atoms with E-state index in [1.54, 1.807) is 18.3 Å². The van der Waals surface area contributed by atoms with Crippen LogP contribution in [-0.2, 0) is 0 Å². The van der Waals surface area contributed by atoms with Crippen LogP contribution in [0.2, 0.25) is 0 Å². The van der Waals surface area contributed by atoms with Gasteiger partial charge in [0.1, 0.15) is 5.82 Å². The Hall–Kier alpha value is -1.42. The number of carbonyl (C=O) groups is 1. The second kappa shape index (κ2) is 4.57. The van der Waals surface area contributed by atoms with E-state index in [4.69, 9.17) is 5.73 Å². The standard InChI is InChI=1S/C9H13N3O/c1-2-11-6-8(13)7-4-3-5-12-9(7)10/h3-5,11H,2,6H2,1H3,(H2,10,12). The number of anilines is 1. The molecular formula is C9H13N3O. The molecule has 0 amide bonds. The topological polar surface area (TPSA) is 68.0 Å². The molecule has 1 aromatic heterocycles. The van der Waals surface area contributed by atoms with E-state index in [1.807, 2.05) is 6.92 Å². The van der Waals surface area contributed by atoms with Gasteiger partial charge in [0.15, 0.2) is 5.78 Å². The highest BCUT2D eigenvalue weighted by molar-refractivity contribution is 6.01. The van der Waals surface area contributed by atoms with Crippen molar-refractivity contribution in [1.82, 2.24) is 10.3 Å². The Labute approximate surface area is 77.2 Å². The number of carbonyl (C=O) groups excluding carboxylic acids is 1. The van der Waals surface area contributed by atoms with Gasteiger partial charge in [-0.1, -0.05) is 6.92 Å². The van der Waals surface area contributed by atoms with Crippen LogP contribution in [0.25, 0.3) is 0 Å². The van der Waals surface area contributed by atoms with Gasteiger partial charge in [-0.25, -0.2) is 4.98 Å². The molecule has 1 rings (SSSR count). The average Bonchev–Trinajstić information content (AvgIpc) is 2.15. The average molecular weight is 179 g/mol. The summed E-state index contributed by atoms with van der Waals surface area (Å²) in [6, 6.07) is 3.39. The van der Waals surface area contributed by atoms with Crippen molar-refractivity contribution in [3.8, 4) is 0 Å². The summed E-state index contributed by atoms with van der Waals surface area (Å²) >= 11 is 0. The summed E-state index contributed by atoms with van der Waals surface area (Å²) in [4.78, 5) is 15.3. The van der Waals surface area contributed by atoms with E-state index < -0.39 is 0 Å². The molecule has 0 radical (unpaired) electrons. The third kappa shape index (κ3) is 2.52. The van der Waals surface area contributed by atoms with Crippen LogP contribution in [0.4, 0.5) is 5.82 Å². The van der Waals surface area contributed by atoms with Crippen molar-refractivity contribution in [3.63, 3.8) is 0 Å². The van der Waals surface area contributed by atoms with Gasteiger partial charge in [0.05, 0.1) is 12.1 Å². The van der Waals surface area contributed by atoms with Gasteiger partial charge in [-0.15, -0.1) is 0 Å². The zero-order chi connectivity index (χ0) is 9.68. The van der Waals surface area contributed by atoms with Crippen molar-refractivity contribution in [2.24, 2.45) is 0 Å². The second-order valence-corrected chi connectivity index (χ2v) is 2.64. The number of hydrogen-bond donors (Lipinski definition) is 2. The number of ketones is 1. The largest absolute Gasteiger partial charge is 0.383 e. The van der Waals surface area contributed by atoms with Crippen LogP contribution in [-0.4, -0.2) is 23.9 Å². The van der Waals surface area contributed by atoms with Crippen LogP contribution in [0.1, 0.15) is 17.3 Å². The Morgan fingerprint density at radius 2 is 2.46 bits per heavy atom. The number of hydrogen-bond acceptors (Lipinski definition) is 4. The first-order valence-corrected chi connectivity index (χ1v) is 4.20. The number of likely N-dealkylation sites (N-methyl/N-ethyl adjacent to an activating group) is 1. The van der Waals surface area contributed by atoms with Gasteiger partial charge in [-0.3, -0.25) is 4.79 Å². The van der Waals surface area contributed by atoms with Crippen LogP contribution in [0, 0.1) is 0 Å². The monoisotopic (exact) mass is 179 g/mol. The fraction of sp³-hybridized carbons (Fsp3) is 0.333. The number of aromatic nitrogens is 1. The maximum absolute atomic E-state index is 11.4. The smallest absolute Gasteiger partial charge is 0.180 e. The highest BCUT2D eigenvalue weighted by Crippen LogP contribution is 2.06. The van der Waals surface area contributed by atoms with Gasteiger partial charge >= 0.3 is 0 Å². The predicted molar refractivity (Wildman–Crippen MR) is 51.5 cm³/mol. The fourth-order valence-electron chi connectivity index (χ4n) is 0.987. The minimum Gasteiger partial charge on any atom is -0.383 e. The van der Waals surface area contributed by atoms with Gasteiger partial charge in [0, 0.05) is 6.20 Å². The number of rotatable bonds is 4. The SMILES string of the molecule is CCNCC(=O)c1cccnc1N. The molecule has 70 valence electrons. The van der Waals surface area contributed by atoms with Gasteiger partial charge in [-0.05, 0) is 18.7 Å². The number of pyridine rings is 1. The van der Waals surface area contributed by atoms with E-state index in [9.17, 15) is 4.79 Å². The molecule has 0 spiro atoms. The summed E-state index contributed by atoms with van der Waals surface area (Å²) in [7, 11) is 0. The summed E-state index contributed by atoms with van der Waals surface area (Å²) in [5.41, 5.74) is 6.02. The van der Waals surface area contributed by atoms with Crippen LogP contribution < -0.4 is 11.1 Å². The van der Waals surface area contributed by atoms with Crippen LogP contribution >= 0.6 is 0 Å². The molecule has 0 aromatic carbocycles. The first kappa shape index (κ1) is 9.67. The first-order valence-electron chi connectivity index (χ1n) is 4.20. The summed E-state index contributed by atoms with van der Waals surface area (Å²) in [5, 5.41) is 2.94. The normalized spacial score (nSPS) is 9.92. The number of nitrogens with one attached hydrogen (secondary N) is 1. The van der Waals surface area contributed by atoms with E-state index in [0.717, 1.165) is 6.54 Å². The predicted octanol–water partition coefficient (Wildman–Crippen LogP) is 0.456. The van der Waals surface area contributed by atoms with Gasteiger partial charge in [0.25, 0.3) is 0 Å². The molecule has 0 saturated heterocycles. The zero-order valence-electron chi connectivity index (χ0n) is 7.58. The molecule has 0 bridgehead atoms.